The number of fused-ring (bicyclic) bond motifs is 1. The lowest BCUT2D eigenvalue weighted by Gasteiger charge is -2.10. The van der Waals surface area contributed by atoms with Crippen molar-refractivity contribution in [3.63, 3.8) is 0 Å². The van der Waals surface area contributed by atoms with Crippen LogP contribution in [0.3, 0.4) is 0 Å². The van der Waals surface area contributed by atoms with Crippen LogP contribution in [0.1, 0.15) is 11.1 Å². The molecule has 0 radical (unpaired) electrons. The molecule has 0 atom stereocenters. The zero-order valence-electron chi connectivity index (χ0n) is 16.4. The molecule has 1 aliphatic heterocycles. The summed E-state index contributed by atoms with van der Waals surface area (Å²) in [5, 5.41) is 2.06. The number of esters is 1. The van der Waals surface area contributed by atoms with Crippen LogP contribution in [-0.4, -0.2) is 27.3 Å². The minimum Gasteiger partial charge on any atom is -0.497 e. The van der Waals surface area contributed by atoms with Crippen LogP contribution in [0.2, 0.25) is 0 Å². The first kappa shape index (κ1) is 18.6. The van der Waals surface area contributed by atoms with Gasteiger partial charge < -0.3 is 18.9 Å². The average molecular weight is 388 g/mol. The molecule has 4 rings (SSSR count). The zero-order chi connectivity index (χ0) is 20.4. The Bertz CT molecular complexity index is 1160. The zero-order valence-corrected chi connectivity index (χ0v) is 16.4. The van der Waals surface area contributed by atoms with Gasteiger partial charge in [-0.05, 0) is 41.1 Å². The van der Waals surface area contributed by atoms with E-state index in [1.807, 2.05) is 36.4 Å². The molecule has 0 saturated heterocycles. The van der Waals surface area contributed by atoms with Crippen molar-refractivity contribution in [2.45, 2.75) is 0 Å². The molecule has 0 amide bonds. The summed E-state index contributed by atoms with van der Waals surface area (Å²) in [4.78, 5) is 12.6. The molecule has 5 heteroatoms. The lowest BCUT2D eigenvalue weighted by Crippen LogP contribution is -1.99. The van der Waals surface area contributed by atoms with Crippen LogP contribution in [0.25, 0.3) is 22.6 Å². The van der Waals surface area contributed by atoms with Crippen molar-refractivity contribution >= 4 is 28.6 Å². The molecule has 0 spiro atoms. The Hall–Kier alpha value is -3.73. The van der Waals surface area contributed by atoms with Crippen molar-refractivity contribution < 1.29 is 23.7 Å². The van der Waals surface area contributed by atoms with Crippen LogP contribution in [0.4, 0.5) is 0 Å². The molecule has 0 aromatic heterocycles. The van der Waals surface area contributed by atoms with Gasteiger partial charge in [-0.3, -0.25) is 0 Å². The first-order chi connectivity index (χ1) is 14.1. The van der Waals surface area contributed by atoms with Crippen LogP contribution < -0.4 is 14.2 Å². The maximum absolute atomic E-state index is 12.6. The number of hydrogen-bond acceptors (Lipinski definition) is 5. The monoisotopic (exact) mass is 388 g/mol. The van der Waals surface area contributed by atoms with E-state index in [1.165, 1.54) is 0 Å². The van der Waals surface area contributed by atoms with Crippen molar-refractivity contribution in [2.75, 3.05) is 21.3 Å². The van der Waals surface area contributed by atoms with E-state index in [9.17, 15) is 4.79 Å². The summed E-state index contributed by atoms with van der Waals surface area (Å²) < 4.78 is 21.7. The summed E-state index contributed by atoms with van der Waals surface area (Å²) in [5.74, 6) is 1.92. The number of carbonyl (C=O) groups is 1. The minimum absolute atomic E-state index is 0.423. The quantitative estimate of drug-likeness (QED) is 0.462. The number of cyclic esters (lactones) is 1. The van der Waals surface area contributed by atoms with Crippen LogP contribution in [0, 0.1) is 0 Å². The molecule has 3 aromatic rings. The smallest absolute Gasteiger partial charge is 0.343 e. The highest BCUT2D eigenvalue weighted by Crippen LogP contribution is 2.37. The van der Waals surface area contributed by atoms with Crippen molar-refractivity contribution in [3.05, 3.63) is 77.4 Å². The third-order valence-electron chi connectivity index (χ3n) is 4.85. The summed E-state index contributed by atoms with van der Waals surface area (Å²) in [7, 11) is 4.76. The second kappa shape index (κ2) is 7.72. The highest BCUT2D eigenvalue weighted by atomic mass is 16.5. The Morgan fingerprint density at radius 1 is 0.862 bits per heavy atom. The summed E-state index contributed by atoms with van der Waals surface area (Å²) in [6.45, 7) is 0. The Morgan fingerprint density at radius 2 is 1.66 bits per heavy atom. The molecular weight excluding hydrogens is 368 g/mol. The van der Waals surface area contributed by atoms with Gasteiger partial charge in [-0.15, -0.1) is 0 Å². The summed E-state index contributed by atoms with van der Waals surface area (Å²) >= 11 is 0. The van der Waals surface area contributed by atoms with Gasteiger partial charge in [0.25, 0.3) is 0 Å². The van der Waals surface area contributed by atoms with E-state index in [-0.39, 0.29) is 0 Å². The summed E-state index contributed by atoms with van der Waals surface area (Å²) in [5.41, 5.74) is 1.94. The fourth-order valence-electron chi connectivity index (χ4n) is 3.38. The molecule has 0 unspecified atom stereocenters. The maximum atomic E-state index is 12.6. The number of benzene rings is 3. The van der Waals surface area contributed by atoms with Gasteiger partial charge in [0.05, 0.1) is 32.5 Å². The molecule has 0 fully saturated rings. The first-order valence-electron chi connectivity index (χ1n) is 9.08. The molecule has 29 heavy (non-hydrogen) atoms. The van der Waals surface area contributed by atoms with E-state index in [4.69, 9.17) is 18.9 Å². The SMILES string of the molecule is COc1ccc(C2=C/C(=C\c3c(OC)ccc4ccccc34)C(=O)O2)c(OC)c1. The van der Waals surface area contributed by atoms with E-state index in [0.29, 0.717) is 34.1 Å². The second-order valence-corrected chi connectivity index (χ2v) is 6.47. The first-order valence-corrected chi connectivity index (χ1v) is 9.08. The van der Waals surface area contributed by atoms with Gasteiger partial charge in [-0.2, -0.15) is 0 Å². The maximum Gasteiger partial charge on any atom is 0.343 e. The Balaban J connectivity index is 1.82. The Kier molecular flexibility index (Phi) is 4.96. The van der Waals surface area contributed by atoms with E-state index in [1.54, 1.807) is 51.7 Å². The molecule has 0 aliphatic carbocycles. The van der Waals surface area contributed by atoms with Crippen molar-refractivity contribution in [2.24, 2.45) is 0 Å². The largest absolute Gasteiger partial charge is 0.497 e. The van der Waals surface area contributed by atoms with E-state index in [0.717, 1.165) is 16.3 Å². The highest BCUT2D eigenvalue weighted by molar-refractivity contribution is 6.07. The molecule has 3 aromatic carbocycles. The van der Waals surface area contributed by atoms with Gasteiger partial charge in [0, 0.05) is 11.6 Å². The molecule has 146 valence electrons. The van der Waals surface area contributed by atoms with Crippen LogP contribution in [0.15, 0.2) is 66.2 Å². The van der Waals surface area contributed by atoms with Gasteiger partial charge in [0.1, 0.15) is 23.0 Å². The molecule has 1 aliphatic rings. The topological polar surface area (TPSA) is 54.0 Å². The lowest BCUT2D eigenvalue weighted by molar-refractivity contribution is -0.130. The van der Waals surface area contributed by atoms with E-state index >= 15 is 0 Å². The normalized spacial score (nSPS) is 14.7. The third-order valence-corrected chi connectivity index (χ3v) is 4.85. The van der Waals surface area contributed by atoms with Gasteiger partial charge in [0.2, 0.25) is 0 Å². The summed E-state index contributed by atoms with van der Waals surface area (Å²) in [6.07, 6.45) is 3.51. The fourth-order valence-corrected chi connectivity index (χ4v) is 3.38. The fraction of sp³-hybridized carbons (Fsp3) is 0.125. The average Bonchev–Trinajstić information content (AvgIpc) is 3.13. The predicted molar refractivity (Wildman–Crippen MR) is 112 cm³/mol. The number of ether oxygens (including phenoxy) is 4. The van der Waals surface area contributed by atoms with Gasteiger partial charge in [-0.25, -0.2) is 4.79 Å². The van der Waals surface area contributed by atoms with Crippen molar-refractivity contribution in [1.29, 1.82) is 0 Å². The van der Waals surface area contributed by atoms with Gasteiger partial charge >= 0.3 is 5.97 Å². The van der Waals surface area contributed by atoms with Crippen LogP contribution in [0.5, 0.6) is 17.2 Å². The standard InChI is InChI=1S/C24H20O5/c1-26-17-9-10-19(22(14-17)28-3)23-13-16(24(25)29-23)12-20-18-7-5-4-6-15(18)8-11-21(20)27-2/h4-14H,1-3H3/b16-12+. The van der Waals surface area contributed by atoms with Crippen LogP contribution >= 0.6 is 0 Å². The number of carbonyl (C=O) groups excluding carboxylic acids is 1. The van der Waals surface area contributed by atoms with Gasteiger partial charge in [0.15, 0.2) is 0 Å². The number of rotatable bonds is 5. The predicted octanol–water partition coefficient (Wildman–Crippen LogP) is 4.85. The molecular formula is C24H20O5. The van der Waals surface area contributed by atoms with Crippen molar-refractivity contribution in [3.8, 4) is 17.2 Å². The van der Waals surface area contributed by atoms with Gasteiger partial charge in [-0.1, -0.05) is 30.3 Å². The molecule has 0 bridgehead atoms. The highest BCUT2D eigenvalue weighted by Gasteiger charge is 2.25. The molecule has 0 N–H and O–H groups in total. The van der Waals surface area contributed by atoms with E-state index < -0.39 is 5.97 Å². The Labute approximate surface area is 168 Å². The van der Waals surface area contributed by atoms with Crippen LogP contribution in [-0.2, 0) is 9.53 Å². The lowest BCUT2D eigenvalue weighted by atomic mass is 10.0. The molecule has 5 nitrogen and oxygen atoms in total. The van der Waals surface area contributed by atoms with E-state index in [2.05, 4.69) is 0 Å². The number of hydrogen-bond donors (Lipinski definition) is 0. The molecule has 0 saturated carbocycles. The summed E-state index contributed by atoms with van der Waals surface area (Å²) in [6, 6.07) is 17.2. The molecule has 1 heterocycles. The Morgan fingerprint density at radius 3 is 2.41 bits per heavy atom. The number of methoxy groups -OCH3 is 3. The van der Waals surface area contributed by atoms with Crippen molar-refractivity contribution in [1.82, 2.24) is 0 Å². The minimum atomic E-state index is -0.423. The second-order valence-electron chi connectivity index (χ2n) is 6.47. The third kappa shape index (κ3) is 3.43.